The van der Waals surface area contributed by atoms with Gasteiger partial charge in [-0.25, -0.2) is 0 Å². The van der Waals surface area contributed by atoms with E-state index in [4.69, 9.17) is 4.74 Å². The van der Waals surface area contributed by atoms with Crippen molar-refractivity contribution in [3.05, 3.63) is 29.8 Å². The summed E-state index contributed by atoms with van der Waals surface area (Å²) in [5.74, 6) is 1.11. The summed E-state index contributed by atoms with van der Waals surface area (Å²) in [6.45, 7) is 4.35. The zero-order valence-electron chi connectivity index (χ0n) is 9.45. The van der Waals surface area contributed by atoms with Gasteiger partial charge in [0, 0.05) is 6.42 Å². The Kier molecular flexibility index (Phi) is 4.88. The van der Waals surface area contributed by atoms with Gasteiger partial charge in [0.1, 0.15) is 11.5 Å². The lowest BCUT2D eigenvalue weighted by Gasteiger charge is -2.05. The minimum Gasteiger partial charge on any atom is -0.494 e. The van der Waals surface area contributed by atoms with Crippen LogP contribution in [0.4, 0.5) is 0 Å². The van der Waals surface area contributed by atoms with Crippen molar-refractivity contribution in [1.82, 2.24) is 0 Å². The molecule has 0 unspecified atom stereocenters. The van der Waals surface area contributed by atoms with E-state index in [-0.39, 0.29) is 5.78 Å². The van der Waals surface area contributed by atoms with Crippen molar-refractivity contribution >= 4 is 5.78 Å². The fourth-order valence-electron chi connectivity index (χ4n) is 1.33. The first-order chi connectivity index (χ1) is 7.22. The summed E-state index contributed by atoms with van der Waals surface area (Å²) in [6, 6.07) is 8.10. The molecule has 2 heteroatoms. The Morgan fingerprint density at radius 2 is 1.93 bits per heavy atom. The van der Waals surface area contributed by atoms with E-state index in [9.17, 15) is 4.79 Å². The van der Waals surface area contributed by atoms with E-state index in [0.29, 0.717) is 13.0 Å². The quantitative estimate of drug-likeness (QED) is 0.669. The standard InChI is InChI=1S/C13H18O2/c1-3-12-6-8-13(9-7-12)15-10-4-5-11(2)14/h6-9H,3-5,10H2,1-2H3. The third kappa shape index (κ3) is 4.63. The van der Waals surface area contributed by atoms with Gasteiger partial charge in [-0.05, 0) is 37.5 Å². The summed E-state index contributed by atoms with van der Waals surface area (Å²) < 4.78 is 5.50. The minimum atomic E-state index is 0.222. The van der Waals surface area contributed by atoms with E-state index in [0.717, 1.165) is 18.6 Å². The molecule has 1 aromatic rings. The SMILES string of the molecule is CCc1ccc(OCCCC(C)=O)cc1. The molecule has 0 aliphatic rings. The summed E-state index contributed by atoms with van der Waals surface area (Å²) in [4.78, 5) is 10.7. The molecule has 0 saturated heterocycles. The van der Waals surface area contributed by atoms with E-state index < -0.39 is 0 Å². The fourth-order valence-corrected chi connectivity index (χ4v) is 1.33. The molecule has 1 aromatic carbocycles. The van der Waals surface area contributed by atoms with Crippen molar-refractivity contribution in [3.63, 3.8) is 0 Å². The number of benzene rings is 1. The molecule has 2 nitrogen and oxygen atoms in total. The number of ketones is 1. The summed E-state index contributed by atoms with van der Waals surface area (Å²) in [5.41, 5.74) is 1.31. The highest BCUT2D eigenvalue weighted by Crippen LogP contribution is 2.12. The number of rotatable bonds is 6. The van der Waals surface area contributed by atoms with Crippen LogP contribution >= 0.6 is 0 Å². The van der Waals surface area contributed by atoms with Gasteiger partial charge in [0.2, 0.25) is 0 Å². The molecular weight excluding hydrogens is 188 g/mol. The molecule has 0 spiro atoms. The predicted molar refractivity (Wildman–Crippen MR) is 61.2 cm³/mol. The van der Waals surface area contributed by atoms with Crippen LogP contribution in [0, 0.1) is 0 Å². The molecule has 0 bridgehead atoms. The number of hydrogen-bond donors (Lipinski definition) is 0. The maximum absolute atomic E-state index is 10.7. The number of aryl methyl sites for hydroxylation is 1. The third-order valence-corrected chi connectivity index (χ3v) is 2.27. The maximum atomic E-state index is 10.7. The molecule has 0 saturated carbocycles. The lowest BCUT2D eigenvalue weighted by atomic mass is 10.2. The highest BCUT2D eigenvalue weighted by molar-refractivity contribution is 5.75. The fraction of sp³-hybridized carbons (Fsp3) is 0.462. The molecule has 0 radical (unpaired) electrons. The largest absolute Gasteiger partial charge is 0.494 e. The second kappa shape index (κ2) is 6.23. The van der Waals surface area contributed by atoms with E-state index in [1.165, 1.54) is 5.56 Å². The van der Waals surface area contributed by atoms with Gasteiger partial charge in [-0.15, -0.1) is 0 Å². The van der Waals surface area contributed by atoms with Gasteiger partial charge in [-0.2, -0.15) is 0 Å². The number of hydrogen-bond acceptors (Lipinski definition) is 2. The van der Waals surface area contributed by atoms with E-state index in [2.05, 4.69) is 19.1 Å². The molecule has 0 N–H and O–H groups in total. The van der Waals surface area contributed by atoms with Crippen molar-refractivity contribution in [2.45, 2.75) is 33.1 Å². The van der Waals surface area contributed by atoms with Crippen LogP contribution in [0.3, 0.4) is 0 Å². The average Bonchev–Trinajstić information content (AvgIpc) is 2.25. The number of carbonyl (C=O) groups is 1. The average molecular weight is 206 g/mol. The van der Waals surface area contributed by atoms with Crippen LogP contribution in [0.1, 0.15) is 32.3 Å². The van der Waals surface area contributed by atoms with Crippen molar-refractivity contribution < 1.29 is 9.53 Å². The van der Waals surface area contributed by atoms with Crippen LogP contribution in [0.2, 0.25) is 0 Å². The first kappa shape index (κ1) is 11.8. The molecular formula is C13H18O2. The van der Waals surface area contributed by atoms with Gasteiger partial charge < -0.3 is 9.53 Å². The summed E-state index contributed by atoms with van der Waals surface area (Å²) in [5, 5.41) is 0. The molecule has 0 amide bonds. The third-order valence-electron chi connectivity index (χ3n) is 2.27. The first-order valence-electron chi connectivity index (χ1n) is 5.43. The Hall–Kier alpha value is -1.31. The molecule has 1 rings (SSSR count). The van der Waals surface area contributed by atoms with Crippen molar-refractivity contribution in [3.8, 4) is 5.75 Å². The van der Waals surface area contributed by atoms with Crippen molar-refractivity contribution in [2.75, 3.05) is 6.61 Å². The Bertz CT molecular complexity index is 301. The van der Waals surface area contributed by atoms with Gasteiger partial charge in [-0.1, -0.05) is 19.1 Å². The lowest BCUT2D eigenvalue weighted by Crippen LogP contribution is -2.00. The van der Waals surface area contributed by atoms with Crippen LogP contribution in [-0.2, 0) is 11.2 Å². The van der Waals surface area contributed by atoms with E-state index in [1.54, 1.807) is 6.92 Å². The Morgan fingerprint density at radius 3 is 2.47 bits per heavy atom. The van der Waals surface area contributed by atoms with Crippen molar-refractivity contribution in [2.24, 2.45) is 0 Å². The van der Waals surface area contributed by atoms with Gasteiger partial charge in [-0.3, -0.25) is 0 Å². The monoisotopic (exact) mass is 206 g/mol. The topological polar surface area (TPSA) is 26.3 Å². The summed E-state index contributed by atoms with van der Waals surface area (Å²) in [6.07, 6.45) is 2.45. The molecule has 0 aromatic heterocycles. The number of carbonyl (C=O) groups excluding carboxylic acids is 1. The molecule has 0 heterocycles. The minimum absolute atomic E-state index is 0.222. The first-order valence-corrected chi connectivity index (χ1v) is 5.43. The normalized spacial score (nSPS) is 10.0. The van der Waals surface area contributed by atoms with Gasteiger partial charge in [0.15, 0.2) is 0 Å². The highest BCUT2D eigenvalue weighted by Gasteiger charge is 1.96. The van der Waals surface area contributed by atoms with Gasteiger partial charge >= 0.3 is 0 Å². The molecule has 0 fully saturated rings. The van der Waals surface area contributed by atoms with Crippen LogP contribution < -0.4 is 4.74 Å². The lowest BCUT2D eigenvalue weighted by molar-refractivity contribution is -0.117. The zero-order valence-corrected chi connectivity index (χ0v) is 9.45. The number of Topliss-reactive ketones (excluding diaryl/α,β-unsaturated/α-hetero) is 1. The summed E-state index contributed by atoms with van der Waals surface area (Å²) in [7, 11) is 0. The second-order valence-corrected chi connectivity index (χ2v) is 3.65. The second-order valence-electron chi connectivity index (χ2n) is 3.65. The van der Waals surface area contributed by atoms with Crippen LogP contribution in [-0.4, -0.2) is 12.4 Å². The maximum Gasteiger partial charge on any atom is 0.129 e. The molecule has 0 aliphatic heterocycles. The smallest absolute Gasteiger partial charge is 0.129 e. The van der Waals surface area contributed by atoms with Crippen molar-refractivity contribution in [1.29, 1.82) is 0 Å². The molecule has 0 atom stereocenters. The van der Waals surface area contributed by atoms with E-state index in [1.807, 2.05) is 12.1 Å². The van der Waals surface area contributed by atoms with Crippen LogP contribution in [0.5, 0.6) is 5.75 Å². The summed E-state index contributed by atoms with van der Waals surface area (Å²) >= 11 is 0. The zero-order chi connectivity index (χ0) is 11.1. The van der Waals surface area contributed by atoms with Crippen LogP contribution in [0.25, 0.3) is 0 Å². The van der Waals surface area contributed by atoms with Gasteiger partial charge in [0.25, 0.3) is 0 Å². The Labute approximate surface area is 91.3 Å². The number of ether oxygens (including phenoxy) is 1. The predicted octanol–water partition coefficient (Wildman–Crippen LogP) is 3.00. The Balaban J connectivity index is 2.28. The Morgan fingerprint density at radius 1 is 1.27 bits per heavy atom. The van der Waals surface area contributed by atoms with Gasteiger partial charge in [0.05, 0.1) is 6.61 Å². The molecule has 82 valence electrons. The molecule has 0 aliphatic carbocycles. The molecule has 15 heavy (non-hydrogen) atoms. The highest BCUT2D eigenvalue weighted by atomic mass is 16.5. The van der Waals surface area contributed by atoms with Crippen LogP contribution in [0.15, 0.2) is 24.3 Å². The van der Waals surface area contributed by atoms with E-state index >= 15 is 0 Å².